The van der Waals surface area contributed by atoms with Gasteiger partial charge in [-0.05, 0) is 29.3 Å². The van der Waals surface area contributed by atoms with E-state index in [2.05, 4.69) is 0 Å². The van der Waals surface area contributed by atoms with Gasteiger partial charge in [-0.15, -0.1) is 0 Å². The quantitative estimate of drug-likeness (QED) is 0.658. The lowest BCUT2D eigenvalue weighted by Gasteiger charge is -2.17. The zero-order chi connectivity index (χ0) is 18.4. The monoisotopic (exact) mass is 349 g/mol. The predicted octanol–water partition coefficient (Wildman–Crippen LogP) is 3.85. The van der Waals surface area contributed by atoms with Crippen molar-refractivity contribution < 1.29 is 14.3 Å². The molecule has 0 amide bonds. The molecule has 4 heteroatoms. The molecule has 3 rings (SSSR count). The highest BCUT2D eigenvalue weighted by Crippen LogP contribution is 2.30. The Bertz CT molecular complexity index is 877. The Hall–Kier alpha value is -2.85. The lowest BCUT2D eigenvalue weighted by atomic mass is 9.98. The minimum absolute atomic E-state index is 0.319. The van der Waals surface area contributed by atoms with Crippen LogP contribution < -0.4 is 10.5 Å². The zero-order valence-corrected chi connectivity index (χ0v) is 14.9. The Kier molecular flexibility index (Phi) is 5.87. The highest BCUT2D eigenvalue weighted by Gasteiger charge is 2.19. The van der Waals surface area contributed by atoms with Crippen LogP contribution in [0.1, 0.15) is 18.1 Å². The van der Waals surface area contributed by atoms with E-state index in [-0.39, 0.29) is 0 Å². The lowest BCUT2D eigenvalue weighted by molar-refractivity contribution is -0.144. The molecule has 0 radical (unpaired) electrons. The summed E-state index contributed by atoms with van der Waals surface area (Å²) >= 11 is 0. The third kappa shape index (κ3) is 4.21. The normalized spacial score (nSPS) is 11.9. The van der Waals surface area contributed by atoms with Gasteiger partial charge in [0.2, 0.25) is 0 Å². The number of benzene rings is 3. The van der Waals surface area contributed by atoms with Crippen LogP contribution in [0, 0.1) is 0 Å². The molecule has 0 aliphatic heterocycles. The molecule has 0 saturated carbocycles. The van der Waals surface area contributed by atoms with Crippen molar-refractivity contribution >= 4 is 16.7 Å². The SMILES string of the molecule is CCOC(=O)C(N)Cc1c(OCc2ccccc2)ccc2ccccc12. The highest BCUT2D eigenvalue weighted by molar-refractivity contribution is 5.88. The molecule has 0 heterocycles. The van der Waals surface area contributed by atoms with Crippen LogP contribution in [-0.4, -0.2) is 18.6 Å². The van der Waals surface area contributed by atoms with Gasteiger partial charge in [-0.2, -0.15) is 0 Å². The molecular weight excluding hydrogens is 326 g/mol. The van der Waals surface area contributed by atoms with Crippen molar-refractivity contribution in [1.29, 1.82) is 0 Å². The summed E-state index contributed by atoms with van der Waals surface area (Å²) < 4.78 is 11.1. The molecule has 0 aromatic heterocycles. The molecule has 1 atom stereocenters. The molecule has 0 aliphatic rings. The van der Waals surface area contributed by atoms with Crippen molar-refractivity contribution in [1.82, 2.24) is 0 Å². The number of hydrogen-bond donors (Lipinski definition) is 1. The van der Waals surface area contributed by atoms with E-state index < -0.39 is 12.0 Å². The van der Waals surface area contributed by atoms with E-state index in [9.17, 15) is 4.79 Å². The van der Waals surface area contributed by atoms with Crippen LogP contribution in [0.2, 0.25) is 0 Å². The first-order valence-electron chi connectivity index (χ1n) is 8.78. The third-order valence-corrected chi connectivity index (χ3v) is 4.25. The Morgan fingerprint density at radius 3 is 2.50 bits per heavy atom. The van der Waals surface area contributed by atoms with Gasteiger partial charge in [0.25, 0.3) is 0 Å². The van der Waals surface area contributed by atoms with E-state index >= 15 is 0 Å². The number of carbonyl (C=O) groups is 1. The van der Waals surface area contributed by atoms with Crippen molar-refractivity contribution in [2.45, 2.75) is 26.0 Å². The van der Waals surface area contributed by atoms with Crippen LogP contribution in [0.3, 0.4) is 0 Å². The lowest BCUT2D eigenvalue weighted by Crippen LogP contribution is -2.34. The number of esters is 1. The van der Waals surface area contributed by atoms with Crippen molar-refractivity contribution in [3.63, 3.8) is 0 Å². The number of hydrogen-bond acceptors (Lipinski definition) is 4. The van der Waals surface area contributed by atoms with E-state index in [1.165, 1.54) is 0 Å². The Morgan fingerprint density at radius 1 is 1.00 bits per heavy atom. The summed E-state index contributed by atoms with van der Waals surface area (Å²) in [6.45, 7) is 2.55. The van der Waals surface area contributed by atoms with Gasteiger partial charge in [0.15, 0.2) is 0 Å². The van der Waals surface area contributed by atoms with Gasteiger partial charge in [0.1, 0.15) is 18.4 Å². The Labute approximate surface area is 153 Å². The summed E-state index contributed by atoms with van der Waals surface area (Å²) in [5, 5.41) is 2.13. The van der Waals surface area contributed by atoms with Crippen molar-refractivity contribution in [3.8, 4) is 5.75 Å². The summed E-state index contributed by atoms with van der Waals surface area (Å²) in [4.78, 5) is 12.0. The summed E-state index contributed by atoms with van der Waals surface area (Å²) in [5.41, 5.74) is 8.09. The molecule has 0 bridgehead atoms. The topological polar surface area (TPSA) is 61.5 Å². The van der Waals surface area contributed by atoms with Crippen molar-refractivity contribution in [2.75, 3.05) is 6.61 Å². The van der Waals surface area contributed by atoms with Gasteiger partial charge < -0.3 is 15.2 Å². The van der Waals surface area contributed by atoms with Gasteiger partial charge in [-0.3, -0.25) is 4.79 Å². The van der Waals surface area contributed by atoms with E-state index in [1.807, 2.05) is 66.7 Å². The van der Waals surface area contributed by atoms with Crippen LogP contribution in [-0.2, 0) is 22.6 Å². The smallest absolute Gasteiger partial charge is 0.323 e. The molecule has 2 N–H and O–H groups in total. The maximum atomic E-state index is 12.0. The van der Waals surface area contributed by atoms with Gasteiger partial charge >= 0.3 is 5.97 Å². The second kappa shape index (κ2) is 8.50. The Morgan fingerprint density at radius 2 is 1.73 bits per heavy atom. The average Bonchev–Trinajstić information content (AvgIpc) is 2.68. The second-order valence-electron chi connectivity index (χ2n) is 6.10. The summed E-state index contributed by atoms with van der Waals surface area (Å²) in [6, 6.07) is 21.2. The standard InChI is InChI=1S/C22H23NO3/c1-2-25-22(24)20(23)14-19-18-11-7-6-10-17(18)12-13-21(19)26-15-16-8-4-3-5-9-16/h3-13,20H,2,14-15,23H2,1H3. The minimum atomic E-state index is -0.722. The fourth-order valence-electron chi connectivity index (χ4n) is 2.95. The first kappa shape index (κ1) is 18.0. The fourth-order valence-corrected chi connectivity index (χ4v) is 2.95. The van der Waals surface area contributed by atoms with Crippen LogP contribution in [0.25, 0.3) is 10.8 Å². The molecule has 3 aromatic carbocycles. The molecule has 26 heavy (non-hydrogen) atoms. The summed E-state index contributed by atoms with van der Waals surface area (Å²) in [6.07, 6.45) is 0.365. The molecule has 0 fully saturated rings. The van der Waals surface area contributed by atoms with Crippen LogP contribution in [0.4, 0.5) is 0 Å². The van der Waals surface area contributed by atoms with Crippen LogP contribution in [0.5, 0.6) is 5.75 Å². The summed E-state index contributed by atoms with van der Waals surface area (Å²) in [5.74, 6) is 0.349. The van der Waals surface area contributed by atoms with E-state index in [0.29, 0.717) is 19.6 Å². The van der Waals surface area contributed by atoms with E-state index in [4.69, 9.17) is 15.2 Å². The van der Waals surface area contributed by atoms with E-state index in [0.717, 1.165) is 27.6 Å². The minimum Gasteiger partial charge on any atom is -0.489 e. The summed E-state index contributed by atoms with van der Waals surface area (Å²) in [7, 11) is 0. The van der Waals surface area contributed by atoms with Gasteiger partial charge in [-0.1, -0.05) is 60.7 Å². The van der Waals surface area contributed by atoms with Crippen molar-refractivity contribution in [3.05, 3.63) is 77.9 Å². The van der Waals surface area contributed by atoms with Gasteiger partial charge in [-0.25, -0.2) is 0 Å². The number of fused-ring (bicyclic) bond motifs is 1. The molecule has 0 spiro atoms. The first-order chi connectivity index (χ1) is 12.7. The number of nitrogens with two attached hydrogens (primary N) is 1. The van der Waals surface area contributed by atoms with Gasteiger partial charge in [0.05, 0.1) is 6.61 Å². The van der Waals surface area contributed by atoms with E-state index in [1.54, 1.807) is 6.92 Å². The highest BCUT2D eigenvalue weighted by atomic mass is 16.5. The van der Waals surface area contributed by atoms with Crippen LogP contribution >= 0.6 is 0 Å². The molecule has 0 saturated heterocycles. The average molecular weight is 349 g/mol. The number of carbonyl (C=O) groups excluding carboxylic acids is 1. The molecular formula is C22H23NO3. The van der Waals surface area contributed by atoms with Gasteiger partial charge in [0, 0.05) is 12.0 Å². The van der Waals surface area contributed by atoms with Crippen LogP contribution in [0.15, 0.2) is 66.7 Å². The molecule has 3 aromatic rings. The third-order valence-electron chi connectivity index (χ3n) is 4.25. The number of rotatable bonds is 7. The largest absolute Gasteiger partial charge is 0.489 e. The number of ether oxygens (including phenoxy) is 2. The predicted molar refractivity (Wildman–Crippen MR) is 103 cm³/mol. The Balaban J connectivity index is 1.90. The van der Waals surface area contributed by atoms with Crippen molar-refractivity contribution in [2.24, 2.45) is 5.73 Å². The first-order valence-corrected chi connectivity index (χ1v) is 8.78. The molecule has 134 valence electrons. The maximum absolute atomic E-state index is 12.0. The maximum Gasteiger partial charge on any atom is 0.323 e. The second-order valence-corrected chi connectivity index (χ2v) is 6.10. The fraction of sp³-hybridized carbons (Fsp3) is 0.227. The molecule has 1 unspecified atom stereocenters. The molecule has 4 nitrogen and oxygen atoms in total. The zero-order valence-electron chi connectivity index (χ0n) is 14.9. The molecule has 0 aliphatic carbocycles.